The molecule has 0 spiro atoms. The van der Waals surface area contributed by atoms with Crippen molar-refractivity contribution in [2.75, 3.05) is 5.32 Å². The van der Waals surface area contributed by atoms with Gasteiger partial charge in [-0.25, -0.2) is 0 Å². The van der Waals surface area contributed by atoms with E-state index in [0.29, 0.717) is 32.4 Å². The Bertz CT molecular complexity index is 860. The van der Waals surface area contributed by atoms with E-state index in [2.05, 4.69) is 36.5 Å². The number of nitrogens with one attached hydrogen (secondary N) is 2. The molecule has 0 saturated heterocycles. The highest BCUT2D eigenvalue weighted by Gasteiger charge is 2.13. The molecule has 0 aliphatic heterocycles. The first kappa shape index (κ1) is 16.0. The highest BCUT2D eigenvalue weighted by Crippen LogP contribution is 2.23. The standard InChI is InChI=1S/C14H10BrCl2N5O/c15-10-5-18-21-13(10)14(23)20-9-4-19-22(7-9)6-8-1-2-11(16)12(17)3-8/h1-5,7H,6H2,(H,18,21)(H,20,23). The Morgan fingerprint density at radius 3 is 2.83 bits per heavy atom. The van der Waals surface area contributed by atoms with Crippen molar-refractivity contribution in [2.24, 2.45) is 0 Å². The number of hydrogen-bond donors (Lipinski definition) is 2. The van der Waals surface area contributed by atoms with E-state index < -0.39 is 0 Å². The lowest BCUT2D eigenvalue weighted by Crippen LogP contribution is -2.12. The zero-order valence-electron chi connectivity index (χ0n) is 11.6. The topological polar surface area (TPSA) is 75.6 Å². The molecule has 0 unspecified atom stereocenters. The first-order chi connectivity index (χ1) is 11.0. The van der Waals surface area contributed by atoms with Crippen LogP contribution in [0.2, 0.25) is 10.0 Å². The Morgan fingerprint density at radius 1 is 1.30 bits per heavy atom. The quantitative estimate of drug-likeness (QED) is 0.677. The Labute approximate surface area is 149 Å². The molecule has 0 aliphatic carbocycles. The number of aromatic amines is 1. The summed E-state index contributed by atoms with van der Waals surface area (Å²) >= 11 is 15.1. The predicted molar refractivity (Wildman–Crippen MR) is 92.0 cm³/mol. The number of benzene rings is 1. The van der Waals surface area contributed by atoms with Gasteiger partial charge in [0.15, 0.2) is 0 Å². The maximum atomic E-state index is 12.1. The van der Waals surface area contributed by atoms with Crippen molar-refractivity contribution in [3.8, 4) is 0 Å². The van der Waals surface area contributed by atoms with E-state index in [1.165, 1.54) is 6.20 Å². The van der Waals surface area contributed by atoms with E-state index in [1.807, 2.05) is 6.07 Å². The van der Waals surface area contributed by atoms with Crippen molar-refractivity contribution >= 4 is 50.7 Å². The van der Waals surface area contributed by atoms with Crippen LogP contribution in [0.15, 0.2) is 41.3 Å². The number of carbonyl (C=O) groups excluding carboxylic acids is 1. The predicted octanol–water partition coefficient (Wildman–Crippen LogP) is 3.98. The van der Waals surface area contributed by atoms with E-state index in [0.717, 1.165) is 5.56 Å². The fourth-order valence-electron chi connectivity index (χ4n) is 1.96. The van der Waals surface area contributed by atoms with Crippen molar-refractivity contribution in [1.29, 1.82) is 0 Å². The van der Waals surface area contributed by atoms with E-state index in [9.17, 15) is 4.79 Å². The average Bonchev–Trinajstić information content (AvgIpc) is 3.12. The number of H-pyrrole nitrogens is 1. The summed E-state index contributed by atoms with van der Waals surface area (Å²) in [6.07, 6.45) is 4.81. The lowest BCUT2D eigenvalue weighted by molar-refractivity contribution is 0.102. The second-order valence-corrected chi connectivity index (χ2v) is 6.39. The first-order valence-electron chi connectivity index (χ1n) is 6.49. The first-order valence-corrected chi connectivity index (χ1v) is 8.04. The molecule has 9 heteroatoms. The van der Waals surface area contributed by atoms with Crippen molar-refractivity contribution in [3.05, 3.63) is 62.6 Å². The second kappa shape index (κ2) is 6.74. The second-order valence-electron chi connectivity index (χ2n) is 4.72. The number of nitrogens with zero attached hydrogens (tertiary/aromatic N) is 3. The third-order valence-electron chi connectivity index (χ3n) is 3.04. The molecule has 1 amide bonds. The van der Waals surface area contributed by atoms with Gasteiger partial charge in [0.25, 0.3) is 5.91 Å². The van der Waals surface area contributed by atoms with Crippen LogP contribution in [0.25, 0.3) is 0 Å². The lowest BCUT2D eigenvalue weighted by atomic mass is 10.2. The minimum absolute atomic E-state index is 0.302. The van der Waals surface area contributed by atoms with Crippen LogP contribution in [0.4, 0.5) is 5.69 Å². The molecular weight excluding hydrogens is 405 g/mol. The molecule has 0 atom stereocenters. The third kappa shape index (κ3) is 3.74. The van der Waals surface area contributed by atoms with Crippen molar-refractivity contribution in [3.63, 3.8) is 0 Å². The molecule has 0 fully saturated rings. The fourth-order valence-corrected chi connectivity index (χ4v) is 2.66. The Balaban J connectivity index is 1.69. The smallest absolute Gasteiger partial charge is 0.274 e. The van der Waals surface area contributed by atoms with Crippen LogP contribution in [-0.2, 0) is 6.54 Å². The minimum atomic E-state index is -0.302. The summed E-state index contributed by atoms with van der Waals surface area (Å²) in [7, 11) is 0. The molecular formula is C14H10BrCl2N5O. The van der Waals surface area contributed by atoms with Crippen molar-refractivity contribution in [2.45, 2.75) is 6.54 Å². The molecule has 0 radical (unpaired) electrons. The Hall–Kier alpha value is -1.83. The van der Waals surface area contributed by atoms with Crippen molar-refractivity contribution < 1.29 is 4.79 Å². The van der Waals surface area contributed by atoms with Gasteiger partial charge in [0.2, 0.25) is 0 Å². The molecule has 23 heavy (non-hydrogen) atoms. The van der Waals surface area contributed by atoms with Gasteiger partial charge < -0.3 is 5.32 Å². The highest BCUT2D eigenvalue weighted by atomic mass is 79.9. The maximum absolute atomic E-state index is 12.1. The molecule has 0 bridgehead atoms. The largest absolute Gasteiger partial charge is 0.318 e. The summed E-state index contributed by atoms with van der Waals surface area (Å²) in [5.74, 6) is -0.302. The fraction of sp³-hybridized carbons (Fsp3) is 0.0714. The molecule has 0 saturated carbocycles. The number of hydrogen-bond acceptors (Lipinski definition) is 3. The van der Waals surface area contributed by atoms with E-state index in [1.54, 1.807) is 29.2 Å². The van der Waals surface area contributed by atoms with Gasteiger partial charge in [-0.15, -0.1) is 0 Å². The highest BCUT2D eigenvalue weighted by molar-refractivity contribution is 9.10. The molecule has 3 rings (SSSR count). The molecule has 0 aliphatic rings. The Kier molecular flexibility index (Phi) is 4.70. The number of aromatic nitrogens is 4. The maximum Gasteiger partial charge on any atom is 0.274 e. The normalized spacial score (nSPS) is 10.7. The van der Waals surface area contributed by atoms with Crippen LogP contribution in [0.5, 0.6) is 0 Å². The summed E-state index contributed by atoms with van der Waals surface area (Å²) in [6, 6.07) is 5.39. The zero-order chi connectivity index (χ0) is 16.4. The van der Waals surface area contributed by atoms with Crippen molar-refractivity contribution in [1.82, 2.24) is 20.0 Å². The van der Waals surface area contributed by atoms with Gasteiger partial charge in [0.05, 0.1) is 39.1 Å². The molecule has 6 nitrogen and oxygen atoms in total. The monoisotopic (exact) mass is 413 g/mol. The van der Waals surface area contributed by atoms with Crippen LogP contribution in [0.1, 0.15) is 16.1 Å². The third-order valence-corrected chi connectivity index (χ3v) is 4.38. The zero-order valence-corrected chi connectivity index (χ0v) is 14.7. The van der Waals surface area contributed by atoms with Gasteiger partial charge in [-0.05, 0) is 33.6 Å². The van der Waals surface area contributed by atoms with Crippen LogP contribution < -0.4 is 5.32 Å². The van der Waals surface area contributed by atoms with Crippen LogP contribution in [-0.4, -0.2) is 25.9 Å². The van der Waals surface area contributed by atoms with Gasteiger partial charge in [0, 0.05) is 6.20 Å². The summed E-state index contributed by atoms with van der Waals surface area (Å²) < 4.78 is 2.29. The van der Waals surface area contributed by atoms with E-state index in [4.69, 9.17) is 23.2 Å². The molecule has 1 aromatic carbocycles. The number of rotatable bonds is 4. The van der Waals surface area contributed by atoms with Gasteiger partial charge in [-0.1, -0.05) is 29.3 Å². The van der Waals surface area contributed by atoms with Crippen LogP contribution >= 0.6 is 39.1 Å². The average molecular weight is 415 g/mol. The SMILES string of the molecule is O=C(Nc1cnn(Cc2ccc(Cl)c(Cl)c2)c1)c1[nH]ncc1Br. The minimum Gasteiger partial charge on any atom is -0.318 e. The molecule has 2 aromatic heterocycles. The van der Waals surface area contributed by atoms with Crippen LogP contribution in [0, 0.1) is 0 Å². The van der Waals surface area contributed by atoms with Gasteiger partial charge in [-0.2, -0.15) is 10.2 Å². The molecule has 3 aromatic rings. The summed E-state index contributed by atoms with van der Waals surface area (Å²) in [5.41, 5.74) is 1.88. The van der Waals surface area contributed by atoms with Gasteiger partial charge in [0.1, 0.15) is 5.69 Å². The molecule has 118 valence electrons. The summed E-state index contributed by atoms with van der Waals surface area (Å²) in [4.78, 5) is 12.1. The number of carbonyl (C=O) groups is 1. The van der Waals surface area contributed by atoms with E-state index >= 15 is 0 Å². The summed E-state index contributed by atoms with van der Waals surface area (Å²) in [5, 5.41) is 14.4. The summed E-state index contributed by atoms with van der Waals surface area (Å²) in [6.45, 7) is 0.514. The molecule has 2 N–H and O–H groups in total. The van der Waals surface area contributed by atoms with Crippen LogP contribution in [0.3, 0.4) is 0 Å². The number of amides is 1. The van der Waals surface area contributed by atoms with Gasteiger partial charge >= 0.3 is 0 Å². The van der Waals surface area contributed by atoms with E-state index in [-0.39, 0.29) is 5.91 Å². The number of anilines is 1. The van der Waals surface area contributed by atoms with Gasteiger partial charge in [-0.3, -0.25) is 14.6 Å². The molecule has 2 heterocycles. The Morgan fingerprint density at radius 2 is 2.13 bits per heavy atom. The number of halogens is 3. The lowest BCUT2D eigenvalue weighted by Gasteiger charge is -2.04.